The van der Waals surface area contributed by atoms with Crippen LogP contribution < -0.4 is 14.4 Å². The molecule has 0 bridgehead atoms. The minimum atomic E-state index is -3.47. The van der Waals surface area contributed by atoms with Gasteiger partial charge in [0.15, 0.2) is 6.10 Å². The lowest BCUT2D eigenvalue weighted by Crippen LogP contribution is -2.41. The van der Waals surface area contributed by atoms with Crippen molar-refractivity contribution < 1.29 is 17.9 Å². The van der Waals surface area contributed by atoms with Crippen LogP contribution >= 0.6 is 0 Å². The maximum absolute atomic E-state index is 13.0. The minimum absolute atomic E-state index is 0.130. The number of hydrogen-bond donors (Lipinski definition) is 1. The summed E-state index contributed by atoms with van der Waals surface area (Å²) in [5.41, 5.74) is 3.90. The van der Waals surface area contributed by atoms with Gasteiger partial charge in [0.05, 0.1) is 18.0 Å². The molecule has 0 saturated carbocycles. The van der Waals surface area contributed by atoms with Crippen molar-refractivity contribution in [1.29, 1.82) is 0 Å². The first kappa shape index (κ1) is 21.2. The fraction of sp³-hybridized carbons (Fsp3) is 0.409. The average molecular weight is 417 g/mol. The Morgan fingerprint density at radius 1 is 1.21 bits per heavy atom. The molecular weight excluding hydrogens is 388 g/mol. The van der Waals surface area contributed by atoms with Gasteiger partial charge in [0.1, 0.15) is 5.75 Å². The number of nitrogens with one attached hydrogen (secondary N) is 1. The maximum atomic E-state index is 13.0. The Bertz CT molecular complexity index is 1000. The van der Waals surface area contributed by atoms with Crippen molar-refractivity contribution in [2.75, 3.05) is 17.1 Å². The number of carbonyl (C=O) groups is 1. The molecule has 0 aliphatic carbocycles. The van der Waals surface area contributed by atoms with E-state index in [4.69, 9.17) is 4.74 Å². The number of nitrogens with zero attached hydrogens (tertiary/aromatic N) is 1. The van der Waals surface area contributed by atoms with Crippen molar-refractivity contribution in [2.24, 2.45) is 0 Å². The second-order valence-electron chi connectivity index (χ2n) is 7.51. The third-order valence-electron chi connectivity index (χ3n) is 5.35. The van der Waals surface area contributed by atoms with E-state index in [0.29, 0.717) is 11.4 Å². The number of benzene rings is 2. The van der Waals surface area contributed by atoms with E-state index >= 15 is 0 Å². The molecule has 6 nitrogen and oxygen atoms in total. The van der Waals surface area contributed by atoms with E-state index in [1.165, 1.54) is 15.4 Å². The lowest BCUT2D eigenvalue weighted by atomic mass is 9.99. The Morgan fingerprint density at radius 3 is 2.59 bits per heavy atom. The fourth-order valence-corrected chi connectivity index (χ4v) is 4.47. The second kappa shape index (κ2) is 8.45. The van der Waals surface area contributed by atoms with Gasteiger partial charge in [-0.05, 0) is 49.1 Å². The van der Waals surface area contributed by atoms with E-state index in [0.717, 1.165) is 18.2 Å². The standard InChI is InChI=1S/C22H28N2O4S/c1-5-18(17-11-10-15(2)16(3)14-17)23-22(25)21-12-13-24(29(4,26)27)19-8-6-7-9-20(19)28-21/h6-11,14,18,21H,5,12-13H2,1-4H3,(H,23,25)/t18-,21-/m0/s1. The van der Waals surface area contributed by atoms with Gasteiger partial charge >= 0.3 is 0 Å². The molecule has 0 aromatic heterocycles. The summed E-state index contributed by atoms with van der Waals surface area (Å²) in [4.78, 5) is 13.0. The maximum Gasteiger partial charge on any atom is 0.261 e. The van der Waals surface area contributed by atoms with Crippen molar-refractivity contribution in [3.8, 4) is 5.75 Å². The molecule has 7 heteroatoms. The summed E-state index contributed by atoms with van der Waals surface area (Å²) in [6.07, 6.45) is 1.42. The lowest BCUT2D eigenvalue weighted by molar-refractivity contribution is -0.128. The largest absolute Gasteiger partial charge is 0.478 e. The number of para-hydroxylation sites is 2. The molecule has 1 heterocycles. The quantitative estimate of drug-likeness (QED) is 0.810. The van der Waals surface area contributed by atoms with Gasteiger partial charge in [0.2, 0.25) is 10.0 Å². The molecule has 2 aromatic rings. The van der Waals surface area contributed by atoms with Crippen molar-refractivity contribution in [1.82, 2.24) is 5.32 Å². The zero-order valence-electron chi connectivity index (χ0n) is 17.3. The molecule has 0 spiro atoms. The topological polar surface area (TPSA) is 75.7 Å². The van der Waals surface area contributed by atoms with Gasteiger partial charge in [-0.15, -0.1) is 0 Å². The molecule has 0 unspecified atom stereocenters. The molecular formula is C22H28N2O4S. The zero-order valence-corrected chi connectivity index (χ0v) is 18.1. The van der Waals surface area contributed by atoms with Crippen LogP contribution in [0.4, 0.5) is 5.69 Å². The predicted octanol–water partition coefficient (Wildman–Crippen LogP) is 3.49. The number of rotatable bonds is 5. The predicted molar refractivity (Wildman–Crippen MR) is 115 cm³/mol. The van der Waals surface area contributed by atoms with Gasteiger partial charge in [0.25, 0.3) is 5.91 Å². The van der Waals surface area contributed by atoms with Gasteiger partial charge in [-0.2, -0.15) is 0 Å². The van der Waals surface area contributed by atoms with E-state index in [-0.39, 0.29) is 24.9 Å². The summed E-state index contributed by atoms with van der Waals surface area (Å²) in [5.74, 6) is 0.162. The molecule has 1 aliphatic heterocycles. The summed E-state index contributed by atoms with van der Waals surface area (Å²) in [6.45, 7) is 6.32. The summed E-state index contributed by atoms with van der Waals surface area (Å²) < 4.78 is 31.7. The highest BCUT2D eigenvalue weighted by atomic mass is 32.2. The smallest absolute Gasteiger partial charge is 0.261 e. The van der Waals surface area contributed by atoms with Crippen LogP contribution in [0, 0.1) is 13.8 Å². The highest BCUT2D eigenvalue weighted by molar-refractivity contribution is 7.92. The van der Waals surface area contributed by atoms with E-state index in [9.17, 15) is 13.2 Å². The monoisotopic (exact) mass is 416 g/mol. The molecule has 2 aromatic carbocycles. The van der Waals surface area contributed by atoms with Crippen molar-refractivity contribution in [3.63, 3.8) is 0 Å². The van der Waals surface area contributed by atoms with Crippen LogP contribution in [0.2, 0.25) is 0 Å². The highest BCUT2D eigenvalue weighted by Gasteiger charge is 2.31. The molecule has 2 atom stereocenters. The Labute approximate surface area is 172 Å². The van der Waals surface area contributed by atoms with Crippen molar-refractivity contribution in [2.45, 2.75) is 45.8 Å². The normalized spacial score (nSPS) is 17.7. The Morgan fingerprint density at radius 2 is 1.93 bits per heavy atom. The van der Waals surface area contributed by atoms with Crippen LogP contribution in [0.3, 0.4) is 0 Å². The molecule has 1 aliphatic rings. The number of anilines is 1. The molecule has 1 amide bonds. The number of hydrogen-bond acceptors (Lipinski definition) is 4. The van der Waals surface area contributed by atoms with Crippen LogP contribution in [0.25, 0.3) is 0 Å². The number of carbonyl (C=O) groups excluding carboxylic acids is 1. The molecule has 0 radical (unpaired) electrons. The third-order valence-corrected chi connectivity index (χ3v) is 6.53. The minimum Gasteiger partial charge on any atom is -0.478 e. The van der Waals surface area contributed by atoms with E-state index in [2.05, 4.69) is 31.3 Å². The van der Waals surface area contributed by atoms with Gasteiger partial charge in [0, 0.05) is 13.0 Å². The third kappa shape index (κ3) is 4.72. The van der Waals surface area contributed by atoms with Crippen LogP contribution in [0.1, 0.15) is 42.5 Å². The molecule has 0 fully saturated rings. The number of ether oxygens (including phenoxy) is 1. The molecule has 156 valence electrons. The Balaban J connectivity index is 1.81. The van der Waals surface area contributed by atoms with Gasteiger partial charge in [-0.25, -0.2) is 8.42 Å². The van der Waals surface area contributed by atoms with E-state index < -0.39 is 16.1 Å². The number of amides is 1. The fourth-order valence-electron chi connectivity index (χ4n) is 3.53. The average Bonchev–Trinajstić information content (AvgIpc) is 2.88. The molecule has 29 heavy (non-hydrogen) atoms. The first-order chi connectivity index (χ1) is 13.7. The van der Waals surface area contributed by atoms with Crippen LogP contribution in [0.15, 0.2) is 42.5 Å². The molecule has 1 N–H and O–H groups in total. The Hall–Kier alpha value is -2.54. The SMILES string of the molecule is CC[C@H](NC(=O)[C@@H]1CCN(S(C)(=O)=O)c2ccccc2O1)c1ccc(C)c(C)c1. The molecule has 0 saturated heterocycles. The van der Waals surface area contributed by atoms with Gasteiger partial charge < -0.3 is 10.1 Å². The zero-order chi connectivity index (χ0) is 21.2. The highest BCUT2D eigenvalue weighted by Crippen LogP contribution is 2.34. The van der Waals surface area contributed by atoms with Crippen molar-refractivity contribution >= 4 is 21.6 Å². The summed E-state index contributed by atoms with van der Waals surface area (Å²) in [6, 6.07) is 13.0. The number of sulfonamides is 1. The van der Waals surface area contributed by atoms with E-state index in [1.54, 1.807) is 24.3 Å². The summed E-state index contributed by atoms with van der Waals surface area (Å²) in [5, 5.41) is 3.08. The number of fused-ring (bicyclic) bond motifs is 1. The van der Waals surface area contributed by atoms with Crippen LogP contribution in [-0.2, 0) is 14.8 Å². The first-order valence-corrected chi connectivity index (χ1v) is 11.7. The summed E-state index contributed by atoms with van der Waals surface area (Å²) in [7, 11) is -3.47. The molecule has 3 rings (SSSR count). The Kier molecular flexibility index (Phi) is 6.17. The first-order valence-electron chi connectivity index (χ1n) is 9.81. The summed E-state index contributed by atoms with van der Waals surface area (Å²) >= 11 is 0. The van der Waals surface area contributed by atoms with Crippen molar-refractivity contribution in [3.05, 3.63) is 59.2 Å². The van der Waals surface area contributed by atoms with Gasteiger partial charge in [-0.1, -0.05) is 37.3 Å². The second-order valence-corrected chi connectivity index (χ2v) is 9.42. The van der Waals surface area contributed by atoms with E-state index in [1.807, 2.05) is 13.0 Å². The number of aryl methyl sites for hydroxylation is 2. The van der Waals surface area contributed by atoms with Crippen LogP contribution in [-0.4, -0.2) is 33.2 Å². The lowest BCUT2D eigenvalue weighted by Gasteiger charge is -2.22. The van der Waals surface area contributed by atoms with Gasteiger partial charge in [-0.3, -0.25) is 9.10 Å². The van der Waals surface area contributed by atoms with Crippen LogP contribution in [0.5, 0.6) is 5.75 Å².